The number of carbonyl (C=O) groups is 1. The van der Waals surface area contributed by atoms with Gasteiger partial charge in [-0.25, -0.2) is 0 Å². The lowest BCUT2D eigenvalue weighted by Gasteiger charge is -2.11. The summed E-state index contributed by atoms with van der Waals surface area (Å²) in [6.07, 6.45) is 0. The number of nitrogens with one attached hydrogen (secondary N) is 1. The lowest BCUT2D eigenvalue weighted by atomic mass is 10.1. The van der Waals surface area contributed by atoms with Gasteiger partial charge in [0.25, 0.3) is 11.6 Å². The van der Waals surface area contributed by atoms with Crippen molar-refractivity contribution in [1.82, 2.24) is 25.1 Å². The van der Waals surface area contributed by atoms with Crippen LogP contribution in [0.3, 0.4) is 0 Å². The van der Waals surface area contributed by atoms with Crippen molar-refractivity contribution in [3.05, 3.63) is 64.2 Å². The SMILES string of the molecule is COc1cccc(-c2nnc3ccc(OCCNC(=O)c4cc(OC)c(OC)cc4[N+](=O)[O-])nn23)c1. The van der Waals surface area contributed by atoms with E-state index in [1.54, 1.807) is 19.2 Å². The summed E-state index contributed by atoms with van der Waals surface area (Å²) in [5.41, 5.74) is 0.713. The van der Waals surface area contributed by atoms with Gasteiger partial charge in [-0.1, -0.05) is 12.1 Å². The lowest BCUT2D eigenvalue weighted by molar-refractivity contribution is -0.385. The van der Waals surface area contributed by atoms with Gasteiger partial charge in [0.05, 0.1) is 38.9 Å². The van der Waals surface area contributed by atoms with Crippen LogP contribution in [0.15, 0.2) is 48.5 Å². The first-order valence-electron chi connectivity index (χ1n) is 10.6. The molecule has 0 aliphatic rings. The third kappa shape index (κ3) is 4.94. The number of hydrogen-bond acceptors (Lipinski definition) is 10. The predicted molar refractivity (Wildman–Crippen MR) is 127 cm³/mol. The molecular weight excluding hydrogens is 472 g/mol. The summed E-state index contributed by atoms with van der Waals surface area (Å²) in [6, 6.07) is 13.1. The zero-order valence-electron chi connectivity index (χ0n) is 19.6. The van der Waals surface area contributed by atoms with Gasteiger partial charge in [0, 0.05) is 17.7 Å². The van der Waals surface area contributed by atoms with E-state index in [1.807, 2.05) is 24.3 Å². The summed E-state index contributed by atoms with van der Waals surface area (Å²) in [5, 5.41) is 26.8. The molecule has 0 fully saturated rings. The minimum Gasteiger partial charge on any atom is -0.497 e. The van der Waals surface area contributed by atoms with Crippen LogP contribution in [-0.4, -0.2) is 65.1 Å². The molecule has 0 radical (unpaired) electrons. The quantitative estimate of drug-likeness (QED) is 0.198. The molecule has 0 spiro atoms. The van der Waals surface area contributed by atoms with E-state index >= 15 is 0 Å². The number of methoxy groups -OCH3 is 3. The van der Waals surface area contributed by atoms with Crippen LogP contribution >= 0.6 is 0 Å². The number of carbonyl (C=O) groups excluding carboxylic acids is 1. The van der Waals surface area contributed by atoms with Gasteiger partial charge in [-0.2, -0.15) is 4.52 Å². The fraction of sp³-hybridized carbons (Fsp3) is 0.217. The maximum absolute atomic E-state index is 12.6. The summed E-state index contributed by atoms with van der Waals surface area (Å²) in [4.78, 5) is 23.4. The van der Waals surface area contributed by atoms with Gasteiger partial charge in [0.1, 0.15) is 17.9 Å². The van der Waals surface area contributed by atoms with Gasteiger partial charge >= 0.3 is 0 Å². The average molecular weight is 494 g/mol. The highest BCUT2D eigenvalue weighted by Gasteiger charge is 2.24. The average Bonchev–Trinajstić information content (AvgIpc) is 3.33. The van der Waals surface area contributed by atoms with E-state index in [0.29, 0.717) is 17.2 Å². The Hall–Kier alpha value is -4.94. The van der Waals surface area contributed by atoms with Crippen LogP contribution in [0.25, 0.3) is 17.0 Å². The maximum Gasteiger partial charge on any atom is 0.286 e. The first-order valence-corrected chi connectivity index (χ1v) is 10.6. The fourth-order valence-electron chi connectivity index (χ4n) is 3.41. The van der Waals surface area contributed by atoms with E-state index in [2.05, 4.69) is 20.6 Å². The molecule has 0 bridgehead atoms. The van der Waals surface area contributed by atoms with Crippen LogP contribution in [0.5, 0.6) is 23.1 Å². The van der Waals surface area contributed by atoms with Crippen molar-refractivity contribution in [3.8, 4) is 34.5 Å². The number of fused-ring (bicyclic) bond motifs is 1. The van der Waals surface area contributed by atoms with Crippen LogP contribution < -0.4 is 24.3 Å². The fourth-order valence-corrected chi connectivity index (χ4v) is 3.41. The maximum atomic E-state index is 12.6. The Balaban J connectivity index is 1.44. The topological polar surface area (TPSA) is 152 Å². The van der Waals surface area contributed by atoms with Gasteiger partial charge in [-0.3, -0.25) is 14.9 Å². The Labute approximate surface area is 204 Å². The standard InChI is InChI=1S/C23H22N6O7/c1-33-15-6-4-5-14(11-15)22-26-25-20-7-8-21(27-28(20)22)36-10-9-24-23(30)16-12-18(34-2)19(35-3)13-17(16)29(31)32/h4-8,11-13H,9-10H2,1-3H3,(H,24,30). The molecule has 0 atom stereocenters. The van der Waals surface area contributed by atoms with Gasteiger partial charge < -0.3 is 24.3 Å². The molecule has 186 valence electrons. The van der Waals surface area contributed by atoms with Crippen molar-refractivity contribution in [2.24, 2.45) is 0 Å². The van der Waals surface area contributed by atoms with Gasteiger partial charge in [-0.05, 0) is 18.2 Å². The Morgan fingerprint density at radius 1 is 1.03 bits per heavy atom. The van der Waals surface area contributed by atoms with Gasteiger partial charge in [-0.15, -0.1) is 15.3 Å². The molecule has 4 aromatic rings. The molecule has 0 unspecified atom stereocenters. The molecule has 4 rings (SSSR count). The monoisotopic (exact) mass is 494 g/mol. The highest BCUT2D eigenvalue weighted by atomic mass is 16.6. The Morgan fingerprint density at radius 2 is 1.81 bits per heavy atom. The molecule has 36 heavy (non-hydrogen) atoms. The summed E-state index contributed by atoms with van der Waals surface area (Å²) in [7, 11) is 4.30. The molecule has 13 nitrogen and oxygen atoms in total. The highest BCUT2D eigenvalue weighted by molar-refractivity contribution is 5.99. The van der Waals surface area contributed by atoms with E-state index in [-0.39, 0.29) is 36.1 Å². The van der Waals surface area contributed by atoms with Gasteiger partial charge in [0.15, 0.2) is 23.0 Å². The zero-order chi connectivity index (χ0) is 25.7. The molecule has 13 heteroatoms. The van der Waals surface area contributed by atoms with Crippen LogP contribution in [0.1, 0.15) is 10.4 Å². The highest BCUT2D eigenvalue weighted by Crippen LogP contribution is 2.34. The molecule has 2 aromatic heterocycles. The zero-order valence-corrected chi connectivity index (χ0v) is 19.6. The normalized spacial score (nSPS) is 10.6. The Morgan fingerprint density at radius 3 is 2.53 bits per heavy atom. The van der Waals surface area contributed by atoms with Crippen LogP contribution in [0, 0.1) is 10.1 Å². The predicted octanol–water partition coefficient (Wildman–Crippen LogP) is 2.53. The number of aromatic nitrogens is 4. The number of amides is 1. The lowest BCUT2D eigenvalue weighted by Crippen LogP contribution is -2.28. The van der Waals surface area contributed by atoms with Crippen molar-refractivity contribution in [1.29, 1.82) is 0 Å². The first kappa shape index (κ1) is 24.2. The summed E-state index contributed by atoms with van der Waals surface area (Å²) < 4.78 is 22.7. The van der Waals surface area contributed by atoms with E-state index < -0.39 is 16.5 Å². The number of nitrogens with zero attached hydrogens (tertiary/aromatic N) is 5. The van der Waals surface area contributed by atoms with E-state index in [0.717, 1.165) is 11.6 Å². The molecule has 2 heterocycles. The second-order valence-corrected chi connectivity index (χ2v) is 7.28. The first-order chi connectivity index (χ1) is 17.4. The second kappa shape index (κ2) is 10.5. The number of nitro benzene ring substituents is 1. The summed E-state index contributed by atoms with van der Waals surface area (Å²) >= 11 is 0. The van der Waals surface area contributed by atoms with Crippen molar-refractivity contribution < 1.29 is 28.7 Å². The number of nitro groups is 1. The molecule has 1 N–H and O–H groups in total. The number of hydrogen-bond donors (Lipinski definition) is 1. The third-order valence-electron chi connectivity index (χ3n) is 5.15. The number of rotatable bonds is 10. The number of benzene rings is 2. The number of ether oxygens (including phenoxy) is 4. The van der Waals surface area contributed by atoms with E-state index in [1.165, 1.54) is 24.8 Å². The molecule has 2 aromatic carbocycles. The summed E-state index contributed by atoms with van der Waals surface area (Å²) in [5.74, 6) is 1.13. The van der Waals surface area contributed by atoms with Crippen LogP contribution in [-0.2, 0) is 0 Å². The van der Waals surface area contributed by atoms with Crippen molar-refractivity contribution in [2.75, 3.05) is 34.5 Å². The van der Waals surface area contributed by atoms with Crippen molar-refractivity contribution in [3.63, 3.8) is 0 Å². The third-order valence-corrected chi connectivity index (χ3v) is 5.15. The second-order valence-electron chi connectivity index (χ2n) is 7.28. The molecule has 0 aliphatic carbocycles. The molecule has 0 aliphatic heterocycles. The molecule has 0 saturated heterocycles. The molecule has 0 saturated carbocycles. The minimum absolute atomic E-state index is 0.0575. The van der Waals surface area contributed by atoms with Gasteiger partial charge in [0.2, 0.25) is 5.88 Å². The largest absolute Gasteiger partial charge is 0.497 e. The van der Waals surface area contributed by atoms with Crippen molar-refractivity contribution >= 4 is 17.2 Å². The Kier molecular flexibility index (Phi) is 7.09. The van der Waals surface area contributed by atoms with Crippen LogP contribution in [0.4, 0.5) is 5.69 Å². The smallest absolute Gasteiger partial charge is 0.286 e. The molecular formula is C23H22N6O7. The Bertz CT molecular complexity index is 1420. The van der Waals surface area contributed by atoms with Crippen LogP contribution in [0.2, 0.25) is 0 Å². The van der Waals surface area contributed by atoms with E-state index in [9.17, 15) is 14.9 Å². The van der Waals surface area contributed by atoms with E-state index in [4.69, 9.17) is 18.9 Å². The summed E-state index contributed by atoms with van der Waals surface area (Å²) in [6.45, 7) is 0.122. The molecule has 1 amide bonds. The minimum atomic E-state index is -0.661. The van der Waals surface area contributed by atoms with Crippen molar-refractivity contribution in [2.45, 2.75) is 0 Å².